The van der Waals surface area contributed by atoms with Crippen LogP contribution in [-0.4, -0.2) is 16.5 Å². The van der Waals surface area contributed by atoms with Gasteiger partial charge in [0.25, 0.3) is 0 Å². The highest BCUT2D eigenvalue weighted by atomic mass is 35.5. The average molecular weight is 297 g/mol. The molecular formula is C13H17ClN4S. The third-order valence-electron chi connectivity index (χ3n) is 2.84. The van der Waals surface area contributed by atoms with Crippen molar-refractivity contribution in [2.75, 3.05) is 17.6 Å². The maximum Gasteiger partial charge on any atom is 0.134 e. The number of hydrogen-bond donors (Lipinski definition) is 2. The molecule has 0 saturated carbocycles. The zero-order chi connectivity index (χ0) is 13.8. The van der Waals surface area contributed by atoms with Gasteiger partial charge in [-0.15, -0.1) is 11.3 Å². The summed E-state index contributed by atoms with van der Waals surface area (Å²) in [6.45, 7) is 4.75. The van der Waals surface area contributed by atoms with E-state index in [9.17, 15) is 0 Å². The van der Waals surface area contributed by atoms with E-state index in [1.165, 1.54) is 4.88 Å². The minimum atomic E-state index is 0.550. The first-order valence-electron chi connectivity index (χ1n) is 6.21. The molecule has 0 aromatic carbocycles. The molecule has 2 rings (SSSR count). The molecule has 0 unspecified atom stereocenters. The predicted octanol–water partition coefficient (Wildman–Crippen LogP) is 3.30. The van der Waals surface area contributed by atoms with E-state index in [1.54, 1.807) is 11.3 Å². The molecule has 0 radical (unpaired) electrons. The fourth-order valence-electron chi connectivity index (χ4n) is 1.70. The lowest BCUT2D eigenvalue weighted by atomic mass is 10.3. The van der Waals surface area contributed by atoms with E-state index in [0.29, 0.717) is 5.82 Å². The topological polar surface area (TPSA) is 63.8 Å². The Labute approximate surface area is 122 Å². The number of thiophene rings is 1. The van der Waals surface area contributed by atoms with Crippen LogP contribution in [0.15, 0.2) is 12.1 Å². The van der Waals surface area contributed by atoms with Crippen molar-refractivity contribution in [1.82, 2.24) is 9.97 Å². The van der Waals surface area contributed by atoms with Crippen LogP contribution < -0.4 is 11.1 Å². The number of rotatable bonds is 5. The summed E-state index contributed by atoms with van der Waals surface area (Å²) in [6, 6.07) is 3.97. The van der Waals surface area contributed by atoms with Crippen molar-refractivity contribution >= 4 is 34.6 Å². The summed E-state index contributed by atoms with van der Waals surface area (Å²) < 4.78 is 0.825. The third-order valence-corrected chi connectivity index (χ3v) is 4.13. The Morgan fingerprint density at radius 3 is 2.79 bits per heavy atom. The molecule has 6 heteroatoms. The Morgan fingerprint density at radius 2 is 2.16 bits per heavy atom. The van der Waals surface area contributed by atoms with Crippen LogP contribution in [0.4, 0.5) is 11.6 Å². The van der Waals surface area contributed by atoms with Gasteiger partial charge in [0.05, 0.1) is 4.34 Å². The Hall–Kier alpha value is -1.33. The first kappa shape index (κ1) is 14.1. The number of nitrogens with two attached hydrogens (primary N) is 1. The van der Waals surface area contributed by atoms with Crippen LogP contribution in [0.5, 0.6) is 0 Å². The van der Waals surface area contributed by atoms with Crippen LogP contribution >= 0.6 is 22.9 Å². The molecule has 0 fully saturated rings. The molecule has 0 spiro atoms. The molecule has 0 saturated heterocycles. The summed E-state index contributed by atoms with van der Waals surface area (Å²) in [4.78, 5) is 9.95. The number of aromatic nitrogens is 2. The molecule has 2 heterocycles. The molecule has 102 valence electrons. The highest BCUT2D eigenvalue weighted by molar-refractivity contribution is 7.16. The van der Waals surface area contributed by atoms with E-state index in [-0.39, 0.29) is 0 Å². The minimum Gasteiger partial charge on any atom is -0.383 e. The van der Waals surface area contributed by atoms with E-state index >= 15 is 0 Å². The number of nitrogens with one attached hydrogen (secondary N) is 1. The Balaban J connectivity index is 2.01. The number of aryl methyl sites for hydroxylation is 1. The predicted molar refractivity (Wildman–Crippen MR) is 82.1 cm³/mol. The number of hydrogen-bond acceptors (Lipinski definition) is 5. The minimum absolute atomic E-state index is 0.550. The summed E-state index contributed by atoms with van der Waals surface area (Å²) in [7, 11) is 0. The molecule has 4 nitrogen and oxygen atoms in total. The van der Waals surface area contributed by atoms with Gasteiger partial charge in [-0.1, -0.05) is 18.5 Å². The molecule has 0 aliphatic rings. The SMILES string of the molecule is CCc1nc(N)c(C)c(NCCc2ccc(Cl)s2)n1. The smallest absolute Gasteiger partial charge is 0.134 e. The number of anilines is 2. The lowest BCUT2D eigenvalue weighted by molar-refractivity contribution is 0.923. The maximum absolute atomic E-state index is 5.90. The van der Waals surface area contributed by atoms with Gasteiger partial charge >= 0.3 is 0 Å². The van der Waals surface area contributed by atoms with Gasteiger partial charge in [0, 0.05) is 23.4 Å². The van der Waals surface area contributed by atoms with E-state index < -0.39 is 0 Å². The zero-order valence-corrected chi connectivity index (χ0v) is 12.6. The van der Waals surface area contributed by atoms with Crippen molar-refractivity contribution in [3.8, 4) is 0 Å². The Kier molecular flexibility index (Phi) is 4.61. The highest BCUT2D eigenvalue weighted by Crippen LogP contribution is 2.22. The molecular weight excluding hydrogens is 280 g/mol. The van der Waals surface area contributed by atoms with Gasteiger partial charge in [0.15, 0.2) is 0 Å². The standard InChI is InChI=1S/C13H17ClN4S/c1-3-11-17-12(15)8(2)13(18-11)16-7-6-9-4-5-10(14)19-9/h4-5H,3,6-7H2,1-2H3,(H3,15,16,17,18). The van der Waals surface area contributed by atoms with Gasteiger partial charge in [-0.2, -0.15) is 0 Å². The van der Waals surface area contributed by atoms with E-state index in [4.69, 9.17) is 17.3 Å². The van der Waals surface area contributed by atoms with Gasteiger partial charge in [0.2, 0.25) is 0 Å². The van der Waals surface area contributed by atoms with Crippen LogP contribution in [0, 0.1) is 6.92 Å². The van der Waals surface area contributed by atoms with Crippen molar-refractivity contribution in [2.24, 2.45) is 0 Å². The maximum atomic E-state index is 5.90. The summed E-state index contributed by atoms with van der Waals surface area (Å²) in [5.74, 6) is 2.14. The van der Waals surface area contributed by atoms with E-state index in [2.05, 4.69) is 15.3 Å². The Morgan fingerprint density at radius 1 is 1.37 bits per heavy atom. The largest absolute Gasteiger partial charge is 0.383 e. The third kappa shape index (κ3) is 3.58. The lowest BCUT2D eigenvalue weighted by Gasteiger charge is -2.11. The van der Waals surface area contributed by atoms with Gasteiger partial charge in [-0.05, 0) is 25.5 Å². The van der Waals surface area contributed by atoms with E-state index in [0.717, 1.165) is 40.9 Å². The van der Waals surface area contributed by atoms with Crippen LogP contribution in [0.2, 0.25) is 4.34 Å². The van der Waals surface area contributed by atoms with Crippen LogP contribution in [0.25, 0.3) is 0 Å². The van der Waals surface area contributed by atoms with Gasteiger partial charge in [-0.3, -0.25) is 0 Å². The van der Waals surface area contributed by atoms with Gasteiger partial charge in [0.1, 0.15) is 17.5 Å². The second-order valence-electron chi connectivity index (χ2n) is 4.23. The van der Waals surface area contributed by atoms with Crippen molar-refractivity contribution in [3.05, 3.63) is 32.7 Å². The molecule has 3 N–H and O–H groups in total. The summed E-state index contributed by atoms with van der Waals surface area (Å²) in [6.07, 6.45) is 1.70. The van der Waals surface area contributed by atoms with Crippen LogP contribution in [0.3, 0.4) is 0 Å². The molecule has 0 aliphatic carbocycles. The summed E-state index contributed by atoms with van der Waals surface area (Å²) >= 11 is 7.51. The number of nitrogen functional groups attached to an aromatic ring is 1. The van der Waals surface area contributed by atoms with Gasteiger partial charge in [-0.25, -0.2) is 9.97 Å². The van der Waals surface area contributed by atoms with Crippen LogP contribution in [0.1, 0.15) is 23.2 Å². The second kappa shape index (κ2) is 6.21. The zero-order valence-electron chi connectivity index (χ0n) is 11.0. The van der Waals surface area contributed by atoms with Gasteiger partial charge < -0.3 is 11.1 Å². The molecule has 0 bridgehead atoms. The van der Waals surface area contributed by atoms with Crippen molar-refractivity contribution in [2.45, 2.75) is 26.7 Å². The molecule has 0 aliphatic heterocycles. The number of nitrogens with zero attached hydrogens (tertiary/aromatic N) is 2. The molecule has 19 heavy (non-hydrogen) atoms. The van der Waals surface area contributed by atoms with Crippen molar-refractivity contribution in [3.63, 3.8) is 0 Å². The lowest BCUT2D eigenvalue weighted by Crippen LogP contribution is -2.11. The average Bonchev–Trinajstić information content (AvgIpc) is 2.80. The summed E-state index contributed by atoms with van der Waals surface area (Å²) in [5, 5.41) is 3.32. The number of halogens is 1. The van der Waals surface area contributed by atoms with E-state index in [1.807, 2.05) is 26.0 Å². The molecule has 0 atom stereocenters. The fraction of sp³-hybridized carbons (Fsp3) is 0.385. The quantitative estimate of drug-likeness (QED) is 0.888. The highest BCUT2D eigenvalue weighted by Gasteiger charge is 2.07. The summed E-state index contributed by atoms with van der Waals surface area (Å²) in [5.41, 5.74) is 6.78. The van der Waals surface area contributed by atoms with Crippen molar-refractivity contribution < 1.29 is 0 Å². The first-order chi connectivity index (χ1) is 9.10. The molecule has 2 aromatic heterocycles. The molecule has 2 aromatic rings. The Bertz CT molecular complexity index is 568. The fourth-order valence-corrected chi connectivity index (χ4v) is 2.79. The van der Waals surface area contributed by atoms with Crippen molar-refractivity contribution in [1.29, 1.82) is 0 Å². The van der Waals surface area contributed by atoms with Crippen LogP contribution in [-0.2, 0) is 12.8 Å². The normalized spacial score (nSPS) is 10.7. The second-order valence-corrected chi connectivity index (χ2v) is 6.03. The first-order valence-corrected chi connectivity index (χ1v) is 7.40. The molecule has 0 amide bonds. The monoisotopic (exact) mass is 296 g/mol.